The Hall–Kier alpha value is -1.89. The maximum Gasteiger partial charge on any atom is 0.253 e. The van der Waals surface area contributed by atoms with Gasteiger partial charge in [-0.2, -0.15) is 4.31 Å². The van der Waals surface area contributed by atoms with Crippen molar-refractivity contribution in [1.82, 2.24) is 9.21 Å². The summed E-state index contributed by atoms with van der Waals surface area (Å²) >= 11 is 5.93. The summed E-state index contributed by atoms with van der Waals surface area (Å²) in [5.74, 6) is -0.130. The first kappa shape index (κ1) is 17.9. The Kier molecular flexibility index (Phi) is 5.13. The molecule has 25 heavy (non-hydrogen) atoms. The molecule has 7 heteroatoms. The van der Waals surface area contributed by atoms with E-state index in [0.29, 0.717) is 28.6 Å². The van der Waals surface area contributed by atoms with E-state index < -0.39 is 10.0 Å². The van der Waals surface area contributed by atoms with Crippen LogP contribution in [-0.2, 0) is 10.0 Å². The van der Waals surface area contributed by atoms with E-state index >= 15 is 0 Å². The zero-order valence-electron chi connectivity index (χ0n) is 13.9. The number of hydrogen-bond donors (Lipinski definition) is 0. The predicted molar refractivity (Wildman–Crippen MR) is 97.3 cm³/mol. The van der Waals surface area contributed by atoms with Crippen LogP contribution in [0.4, 0.5) is 0 Å². The maximum absolute atomic E-state index is 12.7. The molecule has 1 saturated heterocycles. The van der Waals surface area contributed by atoms with E-state index in [1.165, 1.54) is 4.31 Å². The lowest BCUT2D eigenvalue weighted by atomic mass is 10.2. The van der Waals surface area contributed by atoms with Gasteiger partial charge in [-0.25, -0.2) is 8.42 Å². The van der Waals surface area contributed by atoms with Gasteiger partial charge < -0.3 is 4.90 Å². The van der Waals surface area contributed by atoms with Crippen molar-refractivity contribution >= 4 is 27.5 Å². The molecule has 0 atom stereocenters. The monoisotopic (exact) mass is 378 g/mol. The molecule has 2 aromatic carbocycles. The number of piperazine rings is 1. The van der Waals surface area contributed by atoms with Crippen molar-refractivity contribution in [3.63, 3.8) is 0 Å². The maximum atomic E-state index is 12.7. The highest BCUT2D eigenvalue weighted by atomic mass is 35.5. The predicted octanol–water partition coefficient (Wildman–Crippen LogP) is 2.80. The van der Waals surface area contributed by atoms with E-state index in [2.05, 4.69) is 0 Å². The molecular formula is C18H19ClN2O3S. The number of carbonyl (C=O) groups is 1. The first-order valence-electron chi connectivity index (χ1n) is 7.99. The highest BCUT2D eigenvalue weighted by Gasteiger charge is 2.30. The minimum Gasteiger partial charge on any atom is -0.336 e. The summed E-state index contributed by atoms with van der Waals surface area (Å²) in [5, 5.41) is 0.506. The molecule has 132 valence electrons. The van der Waals surface area contributed by atoms with Gasteiger partial charge in [0.25, 0.3) is 5.91 Å². The van der Waals surface area contributed by atoms with Crippen molar-refractivity contribution in [2.75, 3.05) is 26.2 Å². The Morgan fingerprint density at radius 2 is 1.68 bits per heavy atom. The molecule has 0 radical (unpaired) electrons. The molecule has 1 amide bonds. The molecule has 0 unspecified atom stereocenters. The fraction of sp³-hybridized carbons (Fsp3) is 0.278. The summed E-state index contributed by atoms with van der Waals surface area (Å²) in [6.45, 7) is 3.14. The summed E-state index contributed by atoms with van der Waals surface area (Å²) in [5.41, 5.74) is 1.42. The van der Waals surface area contributed by atoms with Crippen LogP contribution in [0.25, 0.3) is 0 Å². The molecule has 0 aromatic heterocycles. The average molecular weight is 379 g/mol. The van der Waals surface area contributed by atoms with Crippen molar-refractivity contribution in [3.8, 4) is 0 Å². The van der Waals surface area contributed by atoms with Gasteiger partial charge in [-0.1, -0.05) is 29.8 Å². The van der Waals surface area contributed by atoms with Crippen LogP contribution < -0.4 is 0 Å². The Morgan fingerprint density at radius 3 is 2.32 bits per heavy atom. The molecule has 3 rings (SSSR count). The van der Waals surface area contributed by atoms with Gasteiger partial charge in [0.1, 0.15) is 0 Å². The standard InChI is InChI=1S/C18H19ClN2O3S/c1-14-4-2-7-17(12-14)25(23,24)21-10-8-20(9-11-21)18(22)15-5-3-6-16(19)13-15/h2-7,12-13H,8-11H2,1H3. The lowest BCUT2D eigenvalue weighted by Crippen LogP contribution is -2.50. The van der Waals surface area contributed by atoms with Crippen molar-refractivity contribution in [2.45, 2.75) is 11.8 Å². The average Bonchev–Trinajstić information content (AvgIpc) is 2.61. The van der Waals surface area contributed by atoms with E-state index in [-0.39, 0.29) is 19.0 Å². The summed E-state index contributed by atoms with van der Waals surface area (Å²) < 4.78 is 26.9. The molecule has 0 saturated carbocycles. The zero-order valence-corrected chi connectivity index (χ0v) is 15.4. The molecule has 0 N–H and O–H groups in total. The Bertz CT molecular complexity index is 891. The number of amides is 1. The summed E-state index contributed by atoms with van der Waals surface area (Å²) in [6, 6.07) is 13.6. The number of hydrogen-bond acceptors (Lipinski definition) is 3. The second-order valence-corrected chi connectivity index (χ2v) is 8.40. The van der Waals surface area contributed by atoms with Gasteiger partial charge in [-0.15, -0.1) is 0 Å². The summed E-state index contributed by atoms with van der Waals surface area (Å²) in [6.07, 6.45) is 0. The molecule has 0 bridgehead atoms. The number of benzene rings is 2. The van der Waals surface area contributed by atoms with Gasteiger partial charge in [-0.3, -0.25) is 4.79 Å². The Labute approximate surface area is 152 Å². The second kappa shape index (κ2) is 7.15. The molecular weight excluding hydrogens is 360 g/mol. The minimum absolute atomic E-state index is 0.130. The number of nitrogens with zero attached hydrogens (tertiary/aromatic N) is 2. The number of carbonyl (C=O) groups excluding carboxylic acids is 1. The molecule has 1 aliphatic rings. The van der Waals surface area contributed by atoms with Crippen LogP contribution in [0.5, 0.6) is 0 Å². The van der Waals surface area contributed by atoms with E-state index in [4.69, 9.17) is 11.6 Å². The molecule has 5 nitrogen and oxygen atoms in total. The lowest BCUT2D eigenvalue weighted by Gasteiger charge is -2.34. The quantitative estimate of drug-likeness (QED) is 0.825. The summed E-state index contributed by atoms with van der Waals surface area (Å²) in [7, 11) is -3.53. The van der Waals surface area contributed by atoms with Gasteiger partial charge in [-0.05, 0) is 42.8 Å². The van der Waals surface area contributed by atoms with E-state index in [9.17, 15) is 13.2 Å². The highest BCUT2D eigenvalue weighted by Crippen LogP contribution is 2.20. The zero-order chi connectivity index (χ0) is 18.0. The molecule has 1 heterocycles. The van der Waals surface area contributed by atoms with Crippen LogP contribution in [-0.4, -0.2) is 49.7 Å². The lowest BCUT2D eigenvalue weighted by molar-refractivity contribution is 0.0698. The van der Waals surface area contributed by atoms with Crippen LogP contribution in [0.2, 0.25) is 5.02 Å². The van der Waals surface area contributed by atoms with Crippen LogP contribution in [0.1, 0.15) is 15.9 Å². The third-order valence-corrected chi connectivity index (χ3v) is 6.35. The number of halogens is 1. The topological polar surface area (TPSA) is 57.7 Å². The number of sulfonamides is 1. The number of rotatable bonds is 3. The highest BCUT2D eigenvalue weighted by molar-refractivity contribution is 7.89. The Morgan fingerprint density at radius 1 is 1.00 bits per heavy atom. The Balaban J connectivity index is 1.70. The minimum atomic E-state index is -3.53. The third kappa shape index (κ3) is 3.86. The fourth-order valence-electron chi connectivity index (χ4n) is 2.86. The van der Waals surface area contributed by atoms with Crippen molar-refractivity contribution < 1.29 is 13.2 Å². The molecule has 0 aliphatic carbocycles. The number of aryl methyl sites for hydroxylation is 1. The van der Waals surface area contributed by atoms with E-state index in [0.717, 1.165) is 5.56 Å². The van der Waals surface area contributed by atoms with Gasteiger partial charge in [0.05, 0.1) is 4.90 Å². The SMILES string of the molecule is Cc1cccc(S(=O)(=O)N2CCN(C(=O)c3cccc(Cl)c3)CC2)c1. The summed E-state index contributed by atoms with van der Waals surface area (Å²) in [4.78, 5) is 14.5. The van der Waals surface area contributed by atoms with Gasteiger partial charge in [0.2, 0.25) is 10.0 Å². The smallest absolute Gasteiger partial charge is 0.253 e. The van der Waals surface area contributed by atoms with E-state index in [1.807, 2.05) is 13.0 Å². The van der Waals surface area contributed by atoms with E-state index in [1.54, 1.807) is 47.4 Å². The van der Waals surface area contributed by atoms with Gasteiger partial charge in [0, 0.05) is 36.8 Å². The normalized spacial score (nSPS) is 16.0. The molecule has 2 aromatic rings. The van der Waals surface area contributed by atoms with Crippen LogP contribution >= 0.6 is 11.6 Å². The van der Waals surface area contributed by atoms with Crippen molar-refractivity contribution in [2.24, 2.45) is 0 Å². The van der Waals surface area contributed by atoms with Crippen LogP contribution in [0.15, 0.2) is 53.4 Å². The molecule has 1 fully saturated rings. The largest absolute Gasteiger partial charge is 0.336 e. The third-order valence-electron chi connectivity index (χ3n) is 4.22. The van der Waals surface area contributed by atoms with Crippen LogP contribution in [0.3, 0.4) is 0 Å². The molecule has 0 spiro atoms. The van der Waals surface area contributed by atoms with Gasteiger partial charge >= 0.3 is 0 Å². The van der Waals surface area contributed by atoms with Crippen molar-refractivity contribution in [1.29, 1.82) is 0 Å². The fourth-order valence-corrected chi connectivity index (χ4v) is 4.58. The first-order valence-corrected chi connectivity index (χ1v) is 9.81. The van der Waals surface area contributed by atoms with Crippen molar-refractivity contribution in [3.05, 3.63) is 64.7 Å². The van der Waals surface area contributed by atoms with Crippen LogP contribution in [0, 0.1) is 6.92 Å². The first-order chi connectivity index (χ1) is 11.9. The molecule has 1 aliphatic heterocycles. The second-order valence-electron chi connectivity index (χ2n) is 6.02. The van der Waals surface area contributed by atoms with Gasteiger partial charge in [0.15, 0.2) is 0 Å².